The van der Waals surface area contributed by atoms with E-state index in [0.717, 1.165) is 25.7 Å². The number of fused-ring (bicyclic) bond motifs is 1. The fourth-order valence-corrected chi connectivity index (χ4v) is 5.06. The number of benzene rings is 1. The van der Waals surface area contributed by atoms with Crippen molar-refractivity contribution in [1.82, 2.24) is 4.90 Å². The largest absolute Gasteiger partial charge is 0.497 e. The lowest BCUT2D eigenvalue weighted by Crippen LogP contribution is -2.59. The molecule has 1 unspecified atom stereocenters. The number of nitrogens with zero attached hydrogens (tertiary/aromatic N) is 1. The summed E-state index contributed by atoms with van der Waals surface area (Å²) in [5.41, 5.74) is 2.55. The maximum atomic E-state index is 7.95. The molecule has 1 heterocycles. The third kappa shape index (κ3) is 1.60. The molecular formula is C18H25NO. The number of rotatable bonds is 1. The van der Waals surface area contributed by atoms with Gasteiger partial charge in [-0.05, 0) is 68.4 Å². The predicted octanol–water partition coefficient (Wildman–Crippen LogP) is 3.38. The van der Waals surface area contributed by atoms with Gasteiger partial charge in [-0.1, -0.05) is 18.9 Å². The van der Waals surface area contributed by atoms with Gasteiger partial charge in [-0.25, -0.2) is 0 Å². The van der Waals surface area contributed by atoms with Gasteiger partial charge >= 0.3 is 0 Å². The molecule has 3 atom stereocenters. The van der Waals surface area contributed by atoms with Crippen molar-refractivity contribution in [3.63, 3.8) is 0 Å². The summed E-state index contributed by atoms with van der Waals surface area (Å²) in [5.74, 6) is 0.963. The number of ether oxygens (including phenoxy) is 1. The van der Waals surface area contributed by atoms with Gasteiger partial charge in [0.15, 0.2) is 0 Å². The molecule has 0 radical (unpaired) electrons. The number of likely N-dealkylation sites (tertiary alicyclic amines) is 1. The van der Waals surface area contributed by atoms with E-state index < -0.39 is 14.0 Å². The summed E-state index contributed by atoms with van der Waals surface area (Å²) < 4.78 is 43.8. The second-order valence-corrected chi connectivity index (χ2v) is 6.66. The topological polar surface area (TPSA) is 12.5 Å². The fraction of sp³-hybridized carbons (Fsp3) is 0.667. The molecule has 1 saturated heterocycles. The molecule has 2 fully saturated rings. The lowest BCUT2D eigenvalue weighted by Gasteiger charge is -2.58. The van der Waals surface area contributed by atoms with Crippen molar-refractivity contribution in [2.75, 3.05) is 20.6 Å². The minimum atomic E-state index is -2.03. The maximum Gasteiger partial charge on any atom is 0.119 e. The number of hydrogen-bond acceptors (Lipinski definition) is 2. The van der Waals surface area contributed by atoms with Gasteiger partial charge in [-0.2, -0.15) is 0 Å². The third-order valence-electron chi connectivity index (χ3n) is 5.94. The third-order valence-corrected chi connectivity index (χ3v) is 5.94. The fourth-order valence-electron chi connectivity index (χ4n) is 5.06. The van der Waals surface area contributed by atoms with Gasteiger partial charge in [0.1, 0.15) is 5.75 Å². The molecular weight excluding hydrogens is 246 g/mol. The molecule has 20 heavy (non-hydrogen) atoms. The van der Waals surface area contributed by atoms with Crippen LogP contribution in [0, 0.1) is 5.92 Å². The van der Waals surface area contributed by atoms with Crippen molar-refractivity contribution in [2.24, 2.45) is 5.92 Å². The lowest BCUT2D eigenvalue weighted by molar-refractivity contribution is 0.00274. The number of methoxy groups -OCH3 is 1. The van der Waals surface area contributed by atoms with Gasteiger partial charge in [0.05, 0.1) is 9.80 Å². The van der Waals surface area contributed by atoms with Gasteiger partial charge < -0.3 is 9.64 Å². The summed E-state index contributed by atoms with van der Waals surface area (Å²) in [6, 6.07) is 5.96. The molecule has 2 aliphatic carbocycles. The standard InChI is InChI=1S/C18H25NO/c1-19-10-9-18-8-4-3-5-15(18)17(19)11-13-6-7-14(20-2)12-16(13)18/h6-7,12,15,17H,3-5,8-11H2,1-2H3/t15-,17?,18-/m0/s1/i1D3,2D2. The molecule has 1 aliphatic heterocycles. The highest BCUT2D eigenvalue weighted by Crippen LogP contribution is 2.55. The zero-order chi connectivity index (χ0) is 17.8. The maximum absolute atomic E-state index is 7.95. The minimum Gasteiger partial charge on any atom is -0.497 e. The Balaban J connectivity index is 1.79. The van der Waals surface area contributed by atoms with Gasteiger partial charge in [0.25, 0.3) is 0 Å². The predicted molar refractivity (Wildman–Crippen MR) is 81.4 cm³/mol. The van der Waals surface area contributed by atoms with E-state index in [0.29, 0.717) is 18.2 Å². The molecule has 2 bridgehead atoms. The smallest absolute Gasteiger partial charge is 0.119 e. The van der Waals surface area contributed by atoms with E-state index in [-0.39, 0.29) is 11.5 Å². The Morgan fingerprint density at radius 1 is 1.35 bits per heavy atom. The van der Waals surface area contributed by atoms with E-state index in [1.54, 1.807) is 4.90 Å². The number of likely N-dealkylation sites (N-methyl/N-ethyl adjacent to an activating group) is 1. The average molecular weight is 276 g/mol. The van der Waals surface area contributed by atoms with Crippen molar-refractivity contribution in [3.8, 4) is 5.75 Å². The number of hydrogen-bond donors (Lipinski definition) is 0. The van der Waals surface area contributed by atoms with Crippen LogP contribution in [0.25, 0.3) is 0 Å². The van der Waals surface area contributed by atoms with E-state index in [4.69, 9.17) is 11.6 Å². The van der Waals surface area contributed by atoms with Crippen molar-refractivity contribution in [3.05, 3.63) is 29.3 Å². The Kier molecular flexibility index (Phi) is 1.89. The molecule has 0 spiro atoms. The first-order chi connectivity index (χ1) is 11.8. The molecule has 3 aliphatic rings. The Labute approximate surface area is 129 Å². The van der Waals surface area contributed by atoms with Crippen LogP contribution in [0.15, 0.2) is 18.2 Å². The normalized spacial score (nSPS) is 40.5. The Morgan fingerprint density at radius 2 is 2.35 bits per heavy atom. The molecule has 1 saturated carbocycles. The molecule has 2 heteroatoms. The van der Waals surface area contributed by atoms with Crippen LogP contribution in [0.1, 0.15) is 50.1 Å². The summed E-state index contributed by atoms with van der Waals surface area (Å²) in [6.45, 7) is -1.42. The minimum absolute atomic E-state index is 0.0389. The number of piperidine rings is 1. The zero-order valence-electron chi connectivity index (χ0n) is 16.8. The van der Waals surface area contributed by atoms with Gasteiger partial charge in [-0.3, -0.25) is 0 Å². The van der Waals surface area contributed by atoms with Gasteiger partial charge in [-0.15, -0.1) is 0 Å². The Bertz CT molecular complexity index is 661. The molecule has 108 valence electrons. The highest BCUT2D eigenvalue weighted by Gasteiger charge is 2.53. The van der Waals surface area contributed by atoms with Gasteiger partial charge in [0, 0.05) is 15.6 Å². The highest BCUT2D eigenvalue weighted by molar-refractivity contribution is 5.45. The summed E-state index contributed by atoms with van der Waals surface area (Å²) in [7, 11) is -1.33. The first-order valence-electron chi connectivity index (χ1n) is 10.4. The summed E-state index contributed by atoms with van der Waals surface area (Å²) in [5, 5.41) is 0. The second-order valence-electron chi connectivity index (χ2n) is 6.66. The average Bonchev–Trinajstić information content (AvgIpc) is 2.54. The molecule has 1 aromatic rings. The zero-order valence-corrected chi connectivity index (χ0v) is 11.8. The van der Waals surface area contributed by atoms with Crippen molar-refractivity contribution in [2.45, 2.75) is 50.0 Å². The van der Waals surface area contributed by atoms with Crippen LogP contribution in [0.4, 0.5) is 0 Å². The van der Waals surface area contributed by atoms with Crippen molar-refractivity contribution < 1.29 is 11.6 Å². The van der Waals surface area contributed by atoms with Crippen molar-refractivity contribution >= 4 is 0 Å². The quantitative estimate of drug-likeness (QED) is 0.779. The first kappa shape index (κ1) is 8.43. The monoisotopic (exact) mass is 276 g/mol. The van der Waals surface area contributed by atoms with E-state index in [1.165, 1.54) is 24.0 Å². The molecule has 0 aromatic heterocycles. The van der Waals surface area contributed by atoms with Crippen LogP contribution in [-0.2, 0) is 11.8 Å². The van der Waals surface area contributed by atoms with Crippen LogP contribution in [0.2, 0.25) is 0 Å². The lowest BCUT2D eigenvalue weighted by atomic mass is 9.52. The van der Waals surface area contributed by atoms with Crippen LogP contribution in [-0.4, -0.2) is 31.5 Å². The van der Waals surface area contributed by atoms with Crippen LogP contribution < -0.4 is 4.74 Å². The van der Waals surface area contributed by atoms with E-state index in [2.05, 4.69) is 0 Å². The molecule has 0 N–H and O–H groups in total. The summed E-state index contributed by atoms with van der Waals surface area (Å²) >= 11 is 0. The van der Waals surface area contributed by atoms with E-state index >= 15 is 0 Å². The molecule has 2 nitrogen and oxygen atoms in total. The van der Waals surface area contributed by atoms with Crippen LogP contribution in [0.5, 0.6) is 5.75 Å². The summed E-state index contributed by atoms with van der Waals surface area (Å²) in [6.07, 6.45) is 6.18. The van der Waals surface area contributed by atoms with Gasteiger partial charge in [0.2, 0.25) is 0 Å². The van der Waals surface area contributed by atoms with Crippen LogP contribution in [0.3, 0.4) is 0 Å². The van der Waals surface area contributed by atoms with E-state index in [9.17, 15) is 0 Å². The molecule has 0 amide bonds. The SMILES string of the molecule is [2H]C([2H])Oc1ccc2c(c1)[C@]13CCCC[C@H]1C(C2)N(C([2H])([2H])[2H])CC3. The van der Waals surface area contributed by atoms with Crippen molar-refractivity contribution in [1.29, 1.82) is 0 Å². The summed E-state index contributed by atoms with van der Waals surface area (Å²) in [4.78, 5) is 1.76. The Morgan fingerprint density at radius 3 is 3.25 bits per heavy atom. The second kappa shape index (κ2) is 4.49. The van der Waals surface area contributed by atoms with E-state index in [1.807, 2.05) is 18.2 Å². The highest BCUT2D eigenvalue weighted by atomic mass is 16.5. The first-order valence-corrected chi connectivity index (χ1v) is 7.73. The van der Waals surface area contributed by atoms with Crippen LogP contribution >= 0.6 is 0 Å². The molecule has 1 aromatic carbocycles. The Hall–Kier alpha value is -1.02. The molecule has 4 rings (SSSR count).